The zero-order chi connectivity index (χ0) is 21.3. The molecule has 0 bridgehead atoms. The third kappa shape index (κ3) is 3.72. The summed E-state index contributed by atoms with van der Waals surface area (Å²) in [6, 6.07) is 7.01. The van der Waals surface area contributed by atoms with Gasteiger partial charge in [0, 0.05) is 6.54 Å². The molecule has 0 saturated heterocycles. The van der Waals surface area contributed by atoms with Gasteiger partial charge in [-0.25, -0.2) is 9.97 Å². The van der Waals surface area contributed by atoms with Crippen LogP contribution in [0.3, 0.4) is 0 Å². The third-order valence-corrected chi connectivity index (χ3v) is 5.74. The van der Waals surface area contributed by atoms with Crippen molar-refractivity contribution in [3.05, 3.63) is 64.1 Å². The minimum atomic E-state index is -0.376. The van der Waals surface area contributed by atoms with Crippen LogP contribution in [0.2, 0.25) is 0 Å². The minimum Gasteiger partial charge on any atom is -0.300 e. The number of aromatic amines is 1. The summed E-state index contributed by atoms with van der Waals surface area (Å²) in [6.45, 7) is 5.90. The molecule has 3 aromatic heterocycles. The van der Waals surface area contributed by atoms with E-state index in [0.717, 1.165) is 4.88 Å². The van der Waals surface area contributed by atoms with Crippen LogP contribution in [-0.2, 0) is 17.9 Å². The van der Waals surface area contributed by atoms with E-state index in [0.29, 0.717) is 38.9 Å². The van der Waals surface area contributed by atoms with E-state index >= 15 is 0 Å². The Bertz CT molecular complexity index is 1380. The van der Waals surface area contributed by atoms with Gasteiger partial charge in [-0.05, 0) is 31.3 Å². The van der Waals surface area contributed by atoms with Crippen molar-refractivity contribution in [3.63, 3.8) is 0 Å². The van der Waals surface area contributed by atoms with E-state index in [2.05, 4.69) is 32.1 Å². The fraction of sp³-hybridized carbons (Fsp3) is 0.158. The second-order valence-electron chi connectivity index (χ2n) is 6.43. The average molecular weight is 440 g/mol. The molecule has 9 nitrogen and oxygen atoms in total. The molecule has 0 aliphatic carbocycles. The monoisotopic (exact) mass is 439 g/mol. The molecule has 4 rings (SSSR count). The Hall–Kier alpha value is -3.44. The number of nitrogens with one attached hydrogen (secondary N) is 2. The van der Waals surface area contributed by atoms with Crippen molar-refractivity contribution in [3.8, 4) is 10.7 Å². The highest BCUT2D eigenvalue weighted by atomic mass is 32.1. The molecule has 0 radical (unpaired) electrons. The van der Waals surface area contributed by atoms with Crippen molar-refractivity contribution in [2.45, 2.75) is 20.0 Å². The van der Waals surface area contributed by atoms with Gasteiger partial charge in [0.2, 0.25) is 5.91 Å². The Balaban J connectivity index is 1.56. The van der Waals surface area contributed by atoms with Crippen LogP contribution in [0.25, 0.3) is 21.6 Å². The summed E-state index contributed by atoms with van der Waals surface area (Å²) in [7, 11) is 0. The maximum atomic E-state index is 12.6. The van der Waals surface area contributed by atoms with Gasteiger partial charge in [-0.15, -0.1) is 6.58 Å². The number of carbonyl (C=O) groups excluding carboxylic acids is 1. The molecule has 0 fully saturated rings. The van der Waals surface area contributed by atoms with Crippen LogP contribution in [0.1, 0.15) is 5.69 Å². The molecule has 1 amide bonds. The Morgan fingerprint density at radius 3 is 3.00 bits per heavy atom. The maximum Gasteiger partial charge on any atom is 0.261 e. The molecule has 4 aromatic rings. The molecule has 2 N–H and O–H groups in total. The second-order valence-corrected chi connectivity index (χ2v) is 7.81. The zero-order valence-corrected chi connectivity index (χ0v) is 17.6. The number of hydrogen-bond donors (Lipinski definition) is 2. The highest BCUT2D eigenvalue weighted by molar-refractivity contribution is 7.71. The SMILES string of the molecule is C=CCn1c(-c2sc(NC(=O)Cn3cnc4ccccc4c3=O)nc2C)n[nH]c1=S. The number of hydrogen-bond acceptors (Lipinski definition) is 7. The number of rotatable bonds is 6. The van der Waals surface area contributed by atoms with Gasteiger partial charge in [-0.3, -0.25) is 23.8 Å². The van der Waals surface area contributed by atoms with E-state index in [4.69, 9.17) is 12.2 Å². The quantitative estimate of drug-likeness (QED) is 0.353. The molecule has 11 heteroatoms. The molecule has 1 aromatic carbocycles. The first-order valence-corrected chi connectivity index (χ1v) is 10.2. The molecule has 152 valence electrons. The van der Waals surface area contributed by atoms with Crippen molar-refractivity contribution < 1.29 is 4.79 Å². The molecular formula is C19H17N7O2S2. The first-order valence-electron chi connectivity index (χ1n) is 8.96. The number of benzene rings is 1. The van der Waals surface area contributed by atoms with E-state index < -0.39 is 0 Å². The van der Waals surface area contributed by atoms with E-state index in [-0.39, 0.29) is 18.0 Å². The first-order chi connectivity index (χ1) is 14.5. The Morgan fingerprint density at radius 2 is 2.20 bits per heavy atom. The predicted molar refractivity (Wildman–Crippen MR) is 118 cm³/mol. The van der Waals surface area contributed by atoms with Crippen LogP contribution in [0.4, 0.5) is 5.13 Å². The predicted octanol–water partition coefficient (Wildman–Crippen LogP) is 2.91. The van der Waals surface area contributed by atoms with Gasteiger partial charge >= 0.3 is 0 Å². The number of thiazole rings is 1. The Kier molecular flexibility index (Phi) is 5.38. The van der Waals surface area contributed by atoms with Crippen molar-refractivity contribution in [2.75, 3.05) is 5.32 Å². The van der Waals surface area contributed by atoms with Gasteiger partial charge in [0.15, 0.2) is 15.7 Å². The summed E-state index contributed by atoms with van der Waals surface area (Å²) in [5, 5.41) is 10.7. The molecule has 0 aliphatic heterocycles. The topological polar surface area (TPSA) is 110 Å². The lowest BCUT2D eigenvalue weighted by atomic mass is 10.2. The smallest absolute Gasteiger partial charge is 0.261 e. The average Bonchev–Trinajstić information content (AvgIpc) is 3.26. The number of nitrogens with zero attached hydrogens (tertiary/aromatic N) is 5. The van der Waals surface area contributed by atoms with Crippen LogP contribution >= 0.6 is 23.6 Å². The number of allylic oxidation sites excluding steroid dienone is 1. The van der Waals surface area contributed by atoms with Crippen LogP contribution in [0.5, 0.6) is 0 Å². The van der Waals surface area contributed by atoms with Crippen molar-refractivity contribution >= 4 is 45.5 Å². The normalized spacial score (nSPS) is 11.0. The number of para-hydroxylation sites is 1. The van der Waals surface area contributed by atoms with Gasteiger partial charge < -0.3 is 5.32 Å². The molecule has 0 aliphatic rings. The summed E-state index contributed by atoms with van der Waals surface area (Å²) in [5.74, 6) is 0.254. The molecular weight excluding hydrogens is 422 g/mol. The number of H-pyrrole nitrogens is 1. The first kappa shape index (κ1) is 19.9. The van der Waals surface area contributed by atoms with E-state index in [1.807, 2.05) is 6.92 Å². The maximum absolute atomic E-state index is 12.6. The lowest BCUT2D eigenvalue weighted by Crippen LogP contribution is -2.27. The van der Waals surface area contributed by atoms with Crippen LogP contribution in [0.15, 0.2) is 48.0 Å². The highest BCUT2D eigenvalue weighted by Gasteiger charge is 2.17. The Morgan fingerprint density at radius 1 is 1.40 bits per heavy atom. The summed E-state index contributed by atoms with van der Waals surface area (Å²) in [6.07, 6.45) is 3.10. The number of aromatic nitrogens is 6. The summed E-state index contributed by atoms with van der Waals surface area (Å²) in [4.78, 5) is 34.5. The summed E-state index contributed by atoms with van der Waals surface area (Å²) in [5.41, 5.74) is 1.03. The zero-order valence-electron chi connectivity index (χ0n) is 16.0. The van der Waals surface area contributed by atoms with Gasteiger partial charge in [-0.2, -0.15) is 5.10 Å². The van der Waals surface area contributed by atoms with Gasteiger partial charge in [0.1, 0.15) is 6.54 Å². The van der Waals surface area contributed by atoms with Gasteiger partial charge in [-0.1, -0.05) is 29.5 Å². The van der Waals surface area contributed by atoms with Crippen LogP contribution < -0.4 is 10.9 Å². The Labute approximate surface area is 179 Å². The lowest BCUT2D eigenvalue weighted by Gasteiger charge is -2.06. The van der Waals surface area contributed by atoms with Crippen LogP contribution in [0, 0.1) is 11.7 Å². The molecule has 0 unspecified atom stereocenters. The largest absolute Gasteiger partial charge is 0.300 e. The molecule has 0 atom stereocenters. The molecule has 0 spiro atoms. The third-order valence-electron chi connectivity index (χ3n) is 4.36. The molecule has 3 heterocycles. The van der Waals surface area contributed by atoms with Crippen LogP contribution in [-0.4, -0.2) is 35.2 Å². The number of carbonyl (C=O) groups is 1. The summed E-state index contributed by atoms with van der Waals surface area (Å²) >= 11 is 6.53. The second kappa shape index (κ2) is 8.13. The fourth-order valence-electron chi connectivity index (χ4n) is 2.98. The fourth-order valence-corrected chi connectivity index (χ4v) is 4.17. The standard InChI is InChI=1S/C19H17N7O2S2/c1-3-8-26-16(23-24-19(26)29)15-11(2)21-18(30-15)22-14(27)9-25-10-20-13-7-5-4-6-12(13)17(25)28/h3-7,10H,1,8-9H2,2H3,(H,24,29)(H,21,22,27). The van der Waals surface area contributed by atoms with Crippen molar-refractivity contribution in [1.82, 2.24) is 29.3 Å². The van der Waals surface area contributed by atoms with Crippen molar-refractivity contribution in [2.24, 2.45) is 0 Å². The summed E-state index contributed by atoms with van der Waals surface area (Å²) < 4.78 is 3.55. The van der Waals surface area contributed by atoms with Gasteiger partial charge in [0.05, 0.1) is 27.8 Å². The van der Waals surface area contributed by atoms with E-state index in [9.17, 15) is 9.59 Å². The number of aryl methyl sites for hydroxylation is 1. The van der Waals surface area contributed by atoms with Gasteiger partial charge in [0.25, 0.3) is 5.56 Å². The van der Waals surface area contributed by atoms with Crippen molar-refractivity contribution in [1.29, 1.82) is 0 Å². The molecule has 0 saturated carbocycles. The minimum absolute atomic E-state index is 0.167. The highest BCUT2D eigenvalue weighted by Crippen LogP contribution is 2.31. The molecule has 30 heavy (non-hydrogen) atoms. The van der Waals surface area contributed by atoms with E-state index in [1.165, 1.54) is 22.2 Å². The number of fused-ring (bicyclic) bond motifs is 1. The number of amides is 1. The lowest BCUT2D eigenvalue weighted by molar-refractivity contribution is -0.116. The van der Waals surface area contributed by atoms with E-state index in [1.54, 1.807) is 34.9 Å². The number of anilines is 1.